The molecule has 18 heavy (non-hydrogen) atoms. The fourth-order valence-corrected chi connectivity index (χ4v) is 2.52. The maximum atomic E-state index is 5.24. The molecular weight excluding hydrogens is 228 g/mol. The minimum Gasteiger partial charge on any atom is -0.422 e. The van der Waals surface area contributed by atoms with E-state index in [0.29, 0.717) is 5.89 Å². The molecule has 5 nitrogen and oxygen atoms in total. The average molecular weight is 238 g/mol. The van der Waals surface area contributed by atoms with E-state index < -0.39 is 0 Å². The van der Waals surface area contributed by atoms with Gasteiger partial charge < -0.3 is 4.42 Å². The Balaban J connectivity index is 1.93. The van der Waals surface area contributed by atoms with Gasteiger partial charge in [0.2, 0.25) is 6.39 Å². The SMILES string of the molecule is c1ccc2c(c1)CCc1c-2n[nH]c1-c1nnco1. The van der Waals surface area contributed by atoms with Crippen LogP contribution in [-0.2, 0) is 12.8 Å². The van der Waals surface area contributed by atoms with Crippen LogP contribution in [0.1, 0.15) is 11.1 Å². The molecule has 0 amide bonds. The van der Waals surface area contributed by atoms with Crippen LogP contribution < -0.4 is 0 Å². The highest BCUT2D eigenvalue weighted by molar-refractivity contribution is 5.75. The Bertz CT molecular complexity index is 700. The van der Waals surface area contributed by atoms with Gasteiger partial charge >= 0.3 is 0 Å². The van der Waals surface area contributed by atoms with Crippen molar-refractivity contribution >= 4 is 0 Å². The van der Waals surface area contributed by atoms with E-state index in [1.54, 1.807) is 0 Å². The largest absolute Gasteiger partial charge is 0.422 e. The Morgan fingerprint density at radius 2 is 2.11 bits per heavy atom. The van der Waals surface area contributed by atoms with Crippen molar-refractivity contribution in [3.05, 3.63) is 41.8 Å². The number of aromatic nitrogens is 4. The zero-order valence-corrected chi connectivity index (χ0v) is 9.55. The van der Waals surface area contributed by atoms with Gasteiger partial charge in [0.25, 0.3) is 5.89 Å². The summed E-state index contributed by atoms with van der Waals surface area (Å²) in [5.41, 5.74) is 5.55. The third-order valence-electron chi connectivity index (χ3n) is 3.36. The Morgan fingerprint density at radius 3 is 3.00 bits per heavy atom. The quantitative estimate of drug-likeness (QED) is 0.705. The standard InChI is InChI=1S/C13H10N4O/c1-2-4-9-8(3-1)5-6-10-11(9)15-16-12(10)13-17-14-7-18-13/h1-4,7H,5-6H2,(H,15,16). The summed E-state index contributed by atoms with van der Waals surface area (Å²) in [5, 5.41) is 15.1. The topological polar surface area (TPSA) is 67.6 Å². The summed E-state index contributed by atoms with van der Waals surface area (Å²) in [6, 6.07) is 8.36. The summed E-state index contributed by atoms with van der Waals surface area (Å²) in [6.07, 6.45) is 3.30. The second kappa shape index (κ2) is 3.53. The monoisotopic (exact) mass is 238 g/mol. The third-order valence-corrected chi connectivity index (χ3v) is 3.36. The van der Waals surface area contributed by atoms with Crippen LogP contribution in [0.3, 0.4) is 0 Å². The Labute approximate surface area is 103 Å². The first-order valence-electron chi connectivity index (χ1n) is 5.85. The molecule has 0 saturated carbocycles. The molecule has 2 aromatic heterocycles. The number of H-pyrrole nitrogens is 1. The lowest BCUT2D eigenvalue weighted by atomic mass is 9.89. The Kier molecular flexibility index (Phi) is 1.88. The Morgan fingerprint density at radius 1 is 1.17 bits per heavy atom. The van der Waals surface area contributed by atoms with Crippen LogP contribution in [0.4, 0.5) is 0 Å². The Hall–Kier alpha value is -2.43. The second-order valence-electron chi connectivity index (χ2n) is 4.33. The molecule has 0 radical (unpaired) electrons. The lowest BCUT2D eigenvalue weighted by Gasteiger charge is -2.14. The molecule has 0 atom stereocenters. The van der Waals surface area contributed by atoms with E-state index in [9.17, 15) is 0 Å². The van der Waals surface area contributed by atoms with Gasteiger partial charge in [0, 0.05) is 11.1 Å². The zero-order chi connectivity index (χ0) is 11.9. The maximum Gasteiger partial charge on any atom is 0.265 e. The van der Waals surface area contributed by atoms with E-state index >= 15 is 0 Å². The molecule has 2 heterocycles. The van der Waals surface area contributed by atoms with Crippen molar-refractivity contribution in [2.75, 3.05) is 0 Å². The van der Waals surface area contributed by atoms with Crippen molar-refractivity contribution in [3.8, 4) is 22.8 Å². The van der Waals surface area contributed by atoms with Crippen LogP contribution in [0.2, 0.25) is 0 Å². The zero-order valence-electron chi connectivity index (χ0n) is 9.55. The fraction of sp³-hybridized carbons (Fsp3) is 0.154. The summed E-state index contributed by atoms with van der Waals surface area (Å²) < 4.78 is 5.24. The van der Waals surface area contributed by atoms with Crippen molar-refractivity contribution in [1.29, 1.82) is 0 Å². The summed E-state index contributed by atoms with van der Waals surface area (Å²) in [7, 11) is 0. The molecule has 0 bridgehead atoms. The minimum absolute atomic E-state index is 0.503. The molecule has 1 N–H and O–H groups in total. The van der Waals surface area contributed by atoms with Gasteiger partial charge in [-0.15, -0.1) is 10.2 Å². The number of aryl methyl sites for hydroxylation is 1. The van der Waals surface area contributed by atoms with Crippen molar-refractivity contribution in [2.45, 2.75) is 12.8 Å². The minimum atomic E-state index is 0.503. The van der Waals surface area contributed by atoms with Gasteiger partial charge in [-0.25, -0.2) is 0 Å². The molecule has 1 aliphatic rings. The van der Waals surface area contributed by atoms with Crippen molar-refractivity contribution in [3.63, 3.8) is 0 Å². The molecule has 0 spiro atoms. The molecule has 0 aliphatic heterocycles. The molecular formula is C13H10N4O. The third kappa shape index (κ3) is 1.24. The highest BCUT2D eigenvalue weighted by atomic mass is 16.4. The van der Waals surface area contributed by atoms with Crippen LogP contribution in [0.25, 0.3) is 22.8 Å². The molecule has 1 aromatic carbocycles. The number of nitrogens with one attached hydrogen (secondary N) is 1. The number of hydrogen-bond donors (Lipinski definition) is 1. The second-order valence-corrected chi connectivity index (χ2v) is 4.33. The summed E-state index contributed by atoms with van der Waals surface area (Å²) >= 11 is 0. The highest BCUT2D eigenvalue weighted by Crippen LogP contribution is 2.36. The molecule has 0 unspecified atom stereocenters. The molecule has 4 rings (SSSR count). The highest BCUT2D eigenvalue weighted by Gasteiger charge is 2.24. The lowest BCUT2D eigenvalue weighted by molar-refractivity contribution is 0.565. The smallest absolute Gasteiger partial charge is 0.265 e. The molecule has 1 aliphatic carbocycles. The summed E-state index contributed by atoms with van der Waals surface area (Å²) in [5.74, 6) is 0.503. The van der Waals surface area contributed by atoms with E-state index in [0.717, 1.165) is 29.8 Å². The van der Waals surface area contributed by atoms with E-state index in [-0.39, 0.29) is 0 Å². The number of rotatable bonds is 1. The van der Waals surface area contributed by atoms with Crippen LogP contribution in [0.5, 0.6) is 0 Å². The normalized spacial score (nSPS) is 13.1. The van der Waals surface area contributed by atoms with Crippen LogP contribution >= 0.6 is 0 Å². The molecule has 5 heteroatoms. The van der Waals surface area contributed by atoms with E-state index in [4.69, 9.17) is 4.42 Å². The van der Waals surface area contributed by atoms with Crippen LogP contribution in [-0.4, -0.2) is 20.4 Å². The van der Waals surface area contributed by atoms with Crippen LogP contribution in [0.15, 0.2) is 35.1 Å². The van der Waals surface area contributed by atoms with Gasteiger partial charge in [0.05, 0.1) is 5.69 Å². The molecule has 3 aromatic rings. The van der Waals surface area contributed by atoms with Gasteiger partial charge in [-0.1, -0.05) is 24.3 Å². The van der Waals surface area contributed by atoms with Gasteiger partial charge in [0.15, 0.2) is 0 Å². The van der Waals surface area contributed by atoms with Gasteiger partial charge in [-0.05, 0) is 18.4 Å². The number of hydrogen-bond acceptors (Lipinski definition) is 4. The number of fused-ring (bicyclic) bond motifs is 3. The first-order valence-corrected chi connectivity index (χ1v) is 5.85. The van der Waals surface area contributed by atoms with E-state index in [2.05, 4.69) is 38.6 Å². The van der Waals surface area contributed by atoms with Crippen molar-refractivity contribution in [1.82, 2.24) is 20.4 Å². The predicted molar refractivity (Wildman–Crippen MR) is 64.7 cm³/mol. The summed E-state index contributed by atoms with van der Waals surface area (Å²) in [6.45, 7) is 0. The summed E-state index contributed by atoms with van der Waals surface area (Å²) in [4.78, 5) is 0. The van der Waals surface area contributed by atoms with Crippen molar-refractivity contribution in [2.24, 2.45) is 0 Å². The lowest BCUT2D eigenvalue weighted by Crippen LogP contribution is -2.03. The van der Waals surface area contributed by atoms with E-state index in [1.807, 2.05) is 6.07 Å². The molecule has 88 valence electrons. The number of nitrogens with zero attached hydrogens (tertiary/aromatic N) is 3. The maximum absolute atomic E-state index is 5.24. The van der Waals surface area contributed by atoms with Gasteiger partial charge in [0.1, 0.15) is 5.69 Å². The van der Waals surface area contributed by atoms with Crippen molar-refractivity contribution < 1.29 is 4.42 Å². The fourth-order valence-electron chi connectivity index (χ4n) is 2.52. The number of aromatic amines is 1. The van der Waals surface area contributed by atoms with E-state index in [1.165, 1.54) is 17.5 Å². The first-order chi connectivity index (χ1) is 8.93. The number of benzene rings is 1. The van der Waals surface area contributed by atoms with Gasteiger partial charge in [-0.3, -0.25) is 5.10 Å². The average Bonchev–Trinajstić information content (AvgIpc) is 3.07. The first kappa shape index (κ1) is 9.58. The molecule has 0 fully saturated rings. The van der Waals surface area contributed by atoms with Gasteiger partial charge in [-0.2, -0.15) is 5.10 Å². The predicted octanol–water partition coefficient (Wildman–Crippen LogP) is 2.23. The van der Waals surface area contributed by atoms with Crippen LogP contribution in [0, 0.1) is 0 Å². The molecule has 0 saturated heterocycles.